The van der Waals surface area contributed by atoms with Crippen LogP contribution in [0, 0.1) is 23.2 Å². The number of halogens is 5. The number of aliphatic hydroxyl groups excluding tert-OH is 1. The number of hydrogen-bond acceptors (Lipinski definition) is 3. The minimum atomic E-state index is -4.81. The Kier molecular flexibility index (Phi) is 5.04. The number of rotatable bonds is 3. The second-order valence-electron chi connectivity index (χ2n) is 6.15. The van der Waals surface area contributed by atoms with Crippen LogP contribution in [0.1, 0.15) is 31.4 Å². The Labute approximate surface area is 136 Å². The van der Waals surface area contributed by atoms with Gasteiger partial charge in [-0.3, -0.25) is 0 Å². The van der Waals surface area contributed by atoms with E-state index in [0.717, 1.165) is 6.07 Å². The molecule has 1 heterocycles. The Bertz CT molecular complexity index is 640. The number of hydrogen-bond donors (Lipinski definition) is 1. The van der Waals surface area contributed by atoms with Gasteiger partial charge < -0.3 is 10.0 Å². The molecule has 1 aromatic rings. The van der Waals surface area contributed by atoms with Gasteiger partial charge in [0.1, 0.15) is 0 Å². The summed E-state index contributed by atoms with van der Waals surface area (Å²) >= 11 is 0. The molecule has 1 aliphatic heterocycles. The van der Waals surface area contributed by atoms with Gasteiger partial charge in [0.25, 0.3) is 6.43 Å². The van der Waals surface area contributed by atoms with Crippen LogP contribution in [0.25, 0.3) is 0 Å². The first-order valence-electron chi connectivity index (χ1n) is 7.41. The monoisotopic (exact) mass is 348 g/mol. The van der Waals surface area contributed by atoms with Crippen LogP contribution < -0.4 is 4.90 Å². The molecule has 4 atom stereocenters. The molecule has 0 spiro atoms. The van der Waals surface area contributed by atoms with Gasteiger partial charge in [0.05, 0.1) is 17.7 Å². The first-order valence-corrected chi connectivity index (χ1v) is 7.41. The highest BCUT2D eigenvalue weighted by atomic mass is 19.4. The minimum Gasteiger partial charge on any atom is -0.382 e. The summed E-state index contributed by atoms with van der Waals surface area (Å²) < 4.78 is 65.1. The summed E-state index contributed by atoms with van der Waals surface area (Å²) in [4.78, 5) is 1.31. The van der Waals surface area contributed by atoms with E-state index >= 15 is 0 Å². The molecule has 24 heavy (non-hydrogen) atoms. The fourth-order valence-electron chi connectivity index (χ4n) is 3.16. The van der Waals surface area contributed by atoms with Gasteiger partial charge in [0.15, 0.2) is 6.10 Å². The number of aliphatic hydroxyl groups is 1. The summed E-state index contributed by atoms with van der Waals surface area (Å²) in [6.07, 6.45) is -10.3. The molecule has 1 aromatic carbocycles. The van der Waals surface area contributed by atoms with Crippen molar-refractivity contribution in [3.63, 3.8) is 0 Å². The maximum atomic E-state index is 13.1. The van der Waals surface area contributed by atoms with Gasteiger partial charge in [-0.2, -0.15) is 18.4 Å². The molecular formula is C16H17F5N2O. The summed E-state index contributed by atoms with van der Waals surface area (Å²) in [7, 11) is 0. The van der Waals surface area contributed by atoms with Crippen LogP contribution in [0.15, 0.2) is 18.2 Å². The van der Waals surface area contributed by atoms with Crippen molar-refractivity contribution in [2.45, 2.75) is 38.6 Å². The second-order valence-corrected chi connectivity index (χ2v) is 6.15. The first-order chi connectivity index (χ1) is 11.1. The Hall–Kier alpha value is -1.88. The molecule has 2 rings (SSSR count). The summed E-state index contributed by atoms with van der Waals surface area (Å²) in [5.74, 6) is -0.634. The lowest BCUT2D eigenvalue weighted by Gasteiger charge is -2.33. The van der Waals surface area contributed by atoms with E-state index in [1.54, 1.807) is 19.9 Å². The smallest absolute Gasteiger partial charge is 0.382 e. The van der Waals surface area contributed by atoms with E-state index in [9.17, 15) is 27.1 Å². The van der Waals surface area contributed by atoms with E-state index in [4.69, 9.17) is 5.26 Å². The van der Waals surface area contributed by atoms with Gasteiger partial charge in [-0.15, -0.1) is 0 Å². The highest BCUT2D eigenvalue weighted by Gasteiger charge is 2.51. The van der Waals surface area contributed by atoms with Gasteiger partial charge in [0.2, 0.25) is 0 Å². The van der Waals surface area contributed by atoms with Crippen LogP contribution in [0.2, 0.25) is 0 Å². The molecule has 1 N–H and O–H groups in total. The number of nitriles is 1. The molecule has 1 saturated heterocycles. The molecule has 1 aliphatic rings. The highest BCUT2D eigenvalue weighted by Crippen LogP contribution is 2.40. The van der Waals surface area contributed by atoms with Crippen molar-refractivity contribution in [1.29, 1.82) is 5.26 Å². The quantitative estimate of drug-likeness (QED) is 0.844. The number of alkyl halides is 5. The molecule has 0 unspecified atom stereocenters. The molecule has 0 bridgehead atoms. The lowest BCUT2D eigenvalue weighted by atomic mass is 9.90. The Morgan fingerprint density at radius 1 is 1.29 bits per heavy atom. The van der Waals surface area contributed by atoms with E-state index in [0.29, 0.717) is 0 Å². The lowest BCUT2D eigenvalue weighted by Crippen LogP contribution is -2.49. The van der Waals surface area contributed by atoms with Crippen molar-refractivity contribution in [3.05, 3.63) is 29.3 Å². The van der Waals surface area contributed by atoms with Crippen LogP contribution in [-0.2, 0) is 0 Å². The molecule has 8 heteroatoms. The largest absolute Gasteiger partial charge is 0.416 e. The van der Waals surface area contributed by atoms with E-state index in [2.05, 4.69) is 0 Å². The zero-order chi connectivity index (χ0) is 18.2. The summed E-state index contributed by atoms with van der Waals surface area (Å²) in [6, 6.07) is 3.92. The molecule has 0 saturated carbocycles. The van der Waals surface area contributed by atoms with Gasteiger partial charge in [-0.25, -0.2) is 8.78 Å². The van der Waals surface area contributed by atoms with Crippen LogP contribution >= 0.6 is 0 Å². The van der Waals surface area contributed by atoms with Crippen LogP contribution in [0.5, 0.6) is 0 Å². The Morgan fingerprint density at radius 3 is 2.42 bits per heavy atom. The highest BCUT2D eigenvalue weighted by molar-refractivity contribution is 5.56. The maximum absolute atomic E-state index is 13.1. The van der Waals surface area contributed by atoms with Crippen molar-refractivity contribution in [1.82, 2.24) is 0 Å². The topological polar surface area (TPSA) is 47.3 Å². The molecule has 3 nitrogen and oxygen atoms in total. The van der Waals surface area contributed by atoms with E-state index in [1.165, 1.54) is 17.0 Å². The fraction of sp³-hybridized carbons (Fsp3) is 0.562. The number of benzene rings is 1. The average Bonchev–Trinajstić information content (AvgIpc) is 2.80. The van der Waals surface area contributed by atoms with Crippen LogP contribution in [0.3, 0.4) is 0 Å². The zero-order valence-electron chi connectivity index (χ0n) is 13.1. The molecular weight excluding hydrogens is 331 g/mol. The predicted molar refractivity (Wildman–Crippen MR) is 77.6 cm³/mol. The van der Waals surface area contributed by atoms with Gasteiger partial charge in [-0.1, -0.05) is 13.8 Å². The van der Waals surface area contributed by atoms with Crippen molar-refractivity contribution in [2.24, 2.45) is 11.8 Å². The molecule has 0 aliphatic carbocycles. The fourth-order valence-corrected chi connectivity index (χ4v) is 3.16. The van der Waals surface area contributed by atoms with Crippen molar-refractivity contribution in [2.75, 3.05) is 11.4 Å². The minimum absolute atomic E-state index is 0.147. The zero-order valence-corrected chi connectivity index (χ0v) is 13.1. The van der Waals surface area contributed by atoms with Crippen LogP contribution in [0.4, 0.5) is 27.6 Å². The van der Waals surface area contributed by atoms with Gasteiger partial charge in [0, 0.05) is 17.8 Å². The third kappa shape index (κ3) is 3.31. The third-order valence-electron chi connectivity index (χ3n) is 4.66. The molecule has 132 valence electrons. The first kappa shape index (κ1) is 18.5. The van der Waals surface area contributed by atoms with E-state index in [1.807, 2.05) is 0 Å². The third-order valence-corrected chi connectivity index (χ3v) is 4.66. The Balaban J connectivity index is 2.46. The molecule has 1 fully saturated rings. The number of nitrogens with zero attached hydrogens (tertiary/aromatic N) is 2. The molecule has 0 aromatic heterocycles. The van der Waals surface area contributed by atoms with Crippen molar-refractivity contribution in [3.8, 4) is 6.07 Å². The lowest BCUT2D eigenvalue weighted by molar-refractivity contribution is -0.211. The summed E-state index contributed by atoms with van der Waals surface area (Å²) in [5, 5.41) is 18.6. The normalized spacial score (nSPS) is 25.8. The SMILES string of the molecule is C[C@@H]1[C@H]([C@H](O)C(F)(F)F)N(c2ccc(C#N)c(C(F)F)c2)C[C@@H]1C. The maximum Gasteiger partial charge on any atom is 0.416 e. The summed E-state index contributed by atoms with van der Waals surface area (Å²) in [6.45, 7) is 3.55. The molecule has 0 amide bonds. The van der Waals surface area contributed by atoms with Crippen molar-refractivity contribution >= 4 is 5.69 Å². The second kappa shape index (κ2) is 6.55. The van der Waals surface area contributed by atoms with Crippen molar-refractivity contribution < 1.29 is 27.1 Å². The predicted octanol–water partition coefficient (Wildman–Crippen LogP) is 3.88. The number of anilines is 1. The standard InChI is InChI=1S/C16H17F5N2O/c1-8-7-23(13(9(8)2)14(24)16(19,20)21)11-4-3-10(6-22)12(5-11)15(17)18/h3-5,8-9,13-15,24H,7H2,1-2H3/t8-,9-,13+,14-/m0/s1. The van der Waals surface area contributed by atoms with Crippen LogP contribution in [-0.4, -0.2) is 30.0 Å². The average molecular weight is 348 g/mol. The van der Waals surface area contributed by atoms with E-state index in [-0.39, 0.29) is 23.7 Å². The van der Waals surface area contributed by atoms with Gasteiger partial charge in [-0.05, 0) is 30.0 Å². The Morgan fingerprint density at radius 2 is 1.92 bits per heavy atom. The summed E-state index contributed by atoms with van der Waals surface area (Å²) in [5.41, 5.74) is -0.599. The van der Waals surface area contributed by atoms with Gasteiger partial charge >= 0.3 is 6.18 Å². The molecule has 0 radical (unpaired) electrons. The van der Waals surface area contributed by atoms with E-state index < -0.39 is 36.2 Å².